The van der Waals surface area contributed by atoms with Gasteiger partial charge in [0.25, 0.3) is 5.91 Å². The molecule has 0 heterocycles. The smallest absolute Gasteiger partial charge is 0.334 e. The van der Waals surface area contributed by atoms with Gasteiger partial charge in [-0.15, -0.1) is 0 Å². The maximum atomic E-state index is 12.0. The van der Waals surface area contributed by atoms with Crippen LogP contribution in [0.3, 0.4) is 0 Å². The number of hydrogen-bond acceptors (Lipinski definition) is 6. The number of carbonyl (C=O) groups excluding carboxylic acids is 2. The number of nitrogens with one attached hydrogen (secondary N) is 1. The van der Waals surface area contributed by atoms with Crippen molar-refractivity contribution in [2.24, 2.45) is 0 Å². The highest BCUT2D eigenvalue weighted by molar-refractivity contribution is 7.52. The van der Waals surface area contributed by atoms with Gasteiger partial charge in [0.2, 0.25) is 0 Å². The number of hydrogen-bond donors (Lipinski definition) is 1. The molecule has 0 saturated carbocycles. The average molecular weight is 329 g/mol. The van der Waals surface area contributed by atoms with E-state index >= 15 is 0 Å². The molecule has 0 aliphatic carbocycles. The van der Waals surface area contributed by atoms with Gasteiger partial charge in [0, 0.05) is 19.8 Å². The highest BCUT2D eigenvalue weighted by atomic mass is 31.2. The molecule has 0 aliphatic heterocycles. The Bertz CT molecular complexity index is 563. The van der Waals surface area contributed by atoms with Crippen LogP contribution in [0.1, 0.15) is 22.8 Å². The Balaban J connectivity index is 2.74. The number of amides is 1. The van der Waals surface area contributed by atoms with Crippen molar-refractivity contribution in [3.05, 3.63) is 35.4 Å². The molecule has 1 aromatic carbocycles. The Morgan fingerprint density at radius 2 is 1.68 bits per heavy atom. The molecule has 0 unspecified atom stereocenters. The lowest BCUT2D eigenvalue weighted by atomic mass is 10.1. The van der Waals surface area contributed by atoms with Gasteiger partial charge < -0.3 is 19.1 Å². The van der Waals surface area contributed by atoms with Crippen molar-refractivity contribution in [3.63, 3.8) is 0 Å². The summed E-state index contributed by atoms with van der Waals surface area (Å²) in [6.07, 6.45) is 0.112. The molecule has 0 aromatic heterocycles. The van der Waals surface area contributed by atoms with Gasteiger partial charge in [-0.25, -0.2) is 4.79 Å². The Morgan fingerprint density at radius 3 is 2.14 bits per heavy atom. The van der Waals surface area contributed by atoms with E-state index in [0.29, 0.717) is 11.1 Å². The van der Waals surface area contributed by atoms with Crippen molar-refractivity contribution in [2.75, 3.05) is 21.3 Å². The van der Waals surface area contributed by atoms with Crippen molar-refractivity contribution in [2.45, 2.75) is 19.1 Å². The minimum absolute atomic E-state index is 0.112. The molecule has 8 heteroatoms. The molecule has 0 spiro atoms. The van der Waals surface area contributed by atoms with E-state index in [4.69, 9.17) is 9.05 Å². The molecule has 1 atom stereocenters. The van der Waals surface area contributed by atoms with Gasteiger partial charge in [-0.3, -0.25) is 9.36 Å². The van der Waals surface area contributed by atoms with Crippen molar-refractivity contribution >= 4 is 19.5 Å². The van der Waals surface area contributed by atoms with E-state index in [1.165, 1.54) is 28.3 Å². The Kier molecular flexibility index (Phi) is 6.74. The van der Waals surface area contributed by atoms with Crippen molar-refractivity contribution in [1.29, 1.82) is 0 Å². The zero-order valence-electron chi connectivity index (χ0n) is 13.0. The first kappa shape index (κ1) is 18.4. The van der Waals surface area contributed by atoms with Gasteiger partial charge in [-0.1, -0.05) is 12.1 Å². The third-order valence-corrected chi connectivity index (χ3v) is 4.92. The second-order valence-electron chi connectivity index (χ2n) is 4.55. The van der Waals surface area contributed by atoms with Crippen molar-refractivity contribution < 1.29 is 27.9 Å². The van der Waals surface area contributed by atoms with Crippen molar-refractivity contribution in [1.82, 2.24) is 5.32 Å². The zero-order chi connectivity index (χ0) is 16.8. The monoisotopic (exact) mass is 329 g/mol. The predicted octanol–water partition coefficient (Wildman–Crippen LogP) is 1.96. The lowest BCUT2D eigenvalue weighted by Crippen LogP contribution is -2.39. The minimum Gasteiger partial charge on any atom is -0.467 e. The lowest BCUT2D eigenvalue weighted by Gasteiger charge is -2.14. The van der Waals surface area contributed by atoms with Gasteiger partial charge in [0.1, 0.15) is 6.04 Å². The first-order chi connectivity index (χ1) is 10.3. The van der Waals surface area contributed by atoms with Crippen LogP contribution in [0.25, 0.3) is 0 Å². The van der Waals surface area contributed by atoms with E-state index < -0.39 is 25.5 Å². The Labute approximate surface area is 129 Å². The first-order valence-corrected chi connectivity index (χ1v) is 8.26. The summed E-state index contributed by atoms with van der Waals surface area (Å²) in [6.45, 7) is 1.53. The summed E-state index contributed by atoms with van der Waals surface area (Å²) in [4.78, 5) is 23.2. The summed E-state index contributed by atoms with van der Waals surface area (Å²) in [5.74, 6) is -0.919. The van der Waals surface area contributed by atoms with Crippen molar-refractivity contribution in [3.8, 4) is 0 Å². The quantitative estimate of drug-likeness (QED) is 0.607. The lowest BCUT2D eigenvalue weighted by molar-refractivity contribution is -0.142. The van der Waals surface area contributed by atoms with Gasteiger partial charge in [0.15, 0.2) is 0 Å². The fourth-order valence-corrected chi connectivity index (χ4v) is 2.77. The van der Waals surface area contributed by atoms with Crippen LogP contribution in [0.5, 0.6) is 0 Å². The van der Waals surface area contributed by atoms with Gasteiger partial charge in [-0.05, 0) is 24.6 Å². The second kappa shape index (κ2) is 8.08. The molecule has 22 heavy (non-hydrogen) atoms. The van der Waals surface area contributed by atoms with E-state index in [2.05, 4.69) is 10.1 Å². The SMILES string of the molecule is COC(=O)[C@@H](C)NC(=O)c1ccc(CP(=O)(OC)OC)cc1. The molecule has 0 aliphatic rings. The first-order valence-electron chi connectivity index (χ1n) is 6.53. The van der Waals surface area contributed by atoms with E-state index in [1.807, 2.05) is 0 Å². The van der Waals surface area contributed by atoms with E-state index in [9.17, 15) is 14.2 Å². The Hall–Kier alpha value is -1.69. The molecule has 1 amide bonds. The number of benzene rings is 1. The van der Waals surface area contributed by atoms with E-state index in [1.54, 1.807) is 24.3 Å². The minimum atomic E-state index is -3.14. The highest BCUT2D eigenvalue weighted by Crippen LogP contribution is 2.49. The normalized spacial score (nSPS) is 12.5. The van der Waals surface area contributed by atoms with E-state index in [0.717, 1.165) is 0 Å². The van der Waals surface area contributed by atoms with Crippen LogP contribution in [0.15, 0.2) is 24.3 Å². The third kappa shape index (κ3) is 4.94. The summed E-state index contributed by atoms with van der Waals surface area (Å²) in [6, 6.07) is 5.72. The Morgan fingerprint density at radius 1 is 1.14 bits per heavy atom. The molecular weight excluding hydrogens is 309 g/mol. The average Bonchev–Trinajstić information content (AvgIpc) is 2.54. The summed E-state index contributed by atoms with van der Waals surface area (Å²) < 4.78 is 26.3. The predicted molar refractivity (Wildman–Crippen MR) is 80.7 cm³/mol. The van der Waals surface area contributed by atoms with Crippen LogP contribution < -0.4 is 5.32 Å². The number of ether oxygens (including phenoxy) is 1. The molecule has 122 valence electrons. The van der Waals surface area contributed by atoms with Crippen LogP contribution >= 0.6 is 7.60 Å². The van der Waals surface area contributed by atoms with E-state index in [-0.39, 0.29) is 6.16 Å². The molecule has 7 nitrogen and oxygen atoms in total. The molecule has 1 N–H and O–H groups in total. The molecule has 0 fully saturated rings. The summed E-state index contributed by atoms with van der Waals surface area (Å²) in [7, 11) is 0.750. The summed E-state index contributed by atoms with van der Waals surface area (Å²) in [5.41, 5.74) is 1.09. The molecule has 0 bridgehead atoms. The van der Waals surface area contributed by atoms with Gasteiger partial charge in [0.05, 0.1) is 13.3 Å². The fourth-order valence-electron chi connectivity index (χ4n) is 1.70. The zero-order valence-corrected chi connectivity index (χ0v) is 13.9. The number of rotatable bonds is 7. The van der Waals surface area contributed by atoms with Crippen LogP contribution in [-0.2, 0) is 29.3 Å². The molecule has 0 radical (unpaired) electrons. The summed E-state index contributed by atoms with van der Waals surface area (Å²) >= 11 is 0. The second-order valence-corrected chi connectivity index (χ2v) is 6.82. The van der Waals surface area contributed by atoms with Gasteiger partial charge >= 0.3 is 13.6 Å². The molecule has 0 saturated heterocycles. The van der Waals surface area contributed by atoms with Crippen LogP contribution in [0.2, 0.25) is 0 Å². The van der Waals surface area contributed by atoms with Gasteiger partial charge in [-0.2, -0.15) is 0 Å². The largest absolute Gasteiger partial charge is 0.467 e. The fraction of sp³-hybridized carbons (Fsp3) is 0.429. The van der Waals surface area contributed by atoms with Crippen LogP contribution in [-0.4, -0.2) is 39.2 Å². The number of carbonyl (C=O) groups is 2. The van der Waals surface area contributed by atoms with Crippen LogP contribution in [0, 0.1) is 0 Å². The number of esters is 1. The highest BCUT2D eigenvalue weighted by Gasteiger charge is 2.22. The standard InChI is InChI=1S/C14H20NO6P/c1-10(14(17)19-2)15-13(16)12-7-5-11(6-8-12)9-22(18,20-3)21-4/h5-8,10H,9H2,1-4H3,(H,15,16)/t10-/m1/s1. The summed E-state index contributed by atoms with van der Waals surface area (Å²) in [5, 5.41) is 2.52. The molecule has 1 aromatic rings. The third-order valence-electron chi connectivity index (χ3n) is 3.05. The molecule has 1 rings (SSSR count). The maximum Gasteiger partial charge on any atom is 0.334 e. The topological polar surface area (TPSA) is 90.9 Å². The molecular formula is C14H20NO6P. The maximum absolute atomic E-state index is 12.0. The van der Waals surface area contributed by atoms with Crippen LogP contribution in [0.4, 0.5) is 0 Å². The number of methoxy groups -OCH3 is 1.